The van der Waals surface area contributed by atoms with Crippen molar-refractivity contribution >= 4 is 27.3 Å². The van der Waals surface area contributed by atoms with Crippen LogP contribution in [-0.2, 0) is 0 Å². The van der Waals surface area contributed by atoms with Gasteiger partial charge in [-0.1, -0.05) is 6.92 Å². The highest BCUT2D eigenvalue weighted by Crippen LogP contribution is 2.32. The molecule has 0 amide bonds. The third-order valence-electron chi connectivity index (χ3n) is 3.90. The number of halogens is 1. The monoisotopic (exact) mass is 345 g/mol. The van der Waals surface area contributed by atoms with Crippen LogP contribution >= 0.6 is 27.3 Å². The average Bonchev–Trinajstić information content (AvgIpc) is 2.69. The molecule has 1 fully saturated rings. The zero-order valence-electron chi connectivity index (χ0n) is 11.8. The molecule has 1 aliphatic rings. The van der Waals surface area contributed by atoms with E-state index in [9.17, 15) is 0 Å². The van der Waals surface area contributed by atoms with E-state index in [1.807, 2.05) is 11.3 Å². The van der Waals surface area contributed by atoms with Crippen molar-refractivity contribution in [2.75, 3.05) is 33.2 Å². The topological polar surface area (TPSA) is 32.5 Å². The highest BCUT2D eigenvalue weighted by Gasteiger charge is 2.28. The molecule has 0 bridgehead atoms. The number of hydrogen-bond acceptors (Lipinski definition) is 4. The Labute approximate surface area is 128 Å². The lowest BCUT2D eigenvalue weighted by Gasteiger charge is -2.33. The molecule has 1 aliphatic heterocycles. The van der Waals surface area contributed by atoms with Crippen molar-refractivity contribution in [2.24, 2.45) is 5.73 Å². The van der Waals surface area contributed by atoms with E-state index < -0.39 is 0 Å². The van der Waals surface area contributed by atoms with Crippen LogP contribution in [-0.4, -0.2) is 49.1 Å². The minimum absolute atomic E-state index is 0.217. The maximum atomic E-state index is 6.41. The molecule has 0 aromatic carbocycles. The molecule has 5 heteroatoms. The maximum Gasteiger partial charge on any atom is 0.0594 e. The zero-order chi connectivity index (χ0) is 13.8. The molecular weight excluding hydrogens is 322 g/mol. The summed E-state index contributed by atoms with van der Waals surface area (Å²) >= 11 is 5.38. The average molecular weight is 346 g/mol. The van der Waals surface area contributed by atoms with Crippen molar-refractivity contribution in [1.29, 1.82) is 0 Å². The van der Waals surface area contributed by atoms with Gasteiger partial charge in [0, 0.05) is 40.4 Å². The number of nitrogens with two attached hydrogens (primary N) is 1. The van der Waals surface area contributed by atoms with E-state index in [0.717, 1.165) is 26.1 Å². The fourth-order valence-electron chi connectivity index (χ4n) is 2.71. The van der Waals surface area contributed by atoms with Crippen LogP contribution in [0, 0.1) is 0 Å². The summed E-state index contributed by atoms with van der Waals surface area (Å²) < 4.78 is 1.17. The Kier molecular flexibility index (Phi) is 5.84. The first kappa shape index (κ1) is 15.4. The van der Waals surface area contributed by atoms with Gasteiger partial charge in [0.15, 0.2) is 0 Å². The molecule has 0 aliphatic carbocycles. The SMILES string of the molecule is CCC(N)C(c1cc(Br)cs1)N1CCCN(C)CC1. The van der Waals surface area contributed by atoms with Gasteiger partial charge in [0.25, 0.3) is 0 Å². The van der Waals surface area contributed by atoms with Crippen molar-refractivity contribution in [2.45, 2.75) is 31.8 Å². The largest absolute Gasteiger partial charge is 0.326 e. The van der Waals surface area contributed by atoms with Crippen LogP contribution in [0.3, 0.4) is 0 Å². The molecule has 0 saturated carbocycles. The molecule has 1 aromatic heterocycles. The lowest BCUT2D eigenvalue weighted by atomic mass is 10.0. The molecule has 0 spiro atoms. The number of likely N-dealkylation sites (N-methyl/N-ethyl adjacent to an activating group) is 1. The normalized spacial score (nSPS) is 22.1. The second-order valence-electron chi connectivity index (χ2n) is 5.38. The van der Waals surface area contributed by atoms with Gasteiger partial charge in [0.2, 0.25) is 0 Å². The van der Waals surface area contributed by atoms with Gasteiger partial charge in [-0.25, -0.2) is 0 Å². The molecule has 1 aromatic rings. The van der Waals surface area contributed by atoms with Crippen LogP contribution in [0.1, 0.15) is 30.7 Å². The highest BCUT2D eigenvalue weighted by molar-refractivity contribution is 9.10. The van der Waals surface area contributed by atoms with Crippen LogP contribution in [0.5, 0.6) is 0 Å². The number of rotatable bonds is 4. The van der Waals surface area contributed by atoms with Crippen LogP contribution in [0.4, 0.5) is 0 Å². The fraction of sp³-hybridized carbons (Fsp3) is 0.714. The van der Waals surface area contributed by atoms with Gasteiger partial charge < -0.3 is 10.6 Å². The standard InChI is InChI=1S/C14H24BrN3S/c1-3-12(16)14(13-9-11(15)10-19-13)18-6-4-5-17(2)7-8-18/h9-10,12,14H,3-8,16H2,1-2H3. The first-order valence-corrected chi connectivity index (χ1v) is 8.71. The van der Waals surface area contributed by atoms with Crippen molar-refractivity contribution < 1.29 is 0 Å². The van der Waals surface area contributed by atoms with E-state index in [1.54, 1.807) is 0 Å². The zero-order valence-corrected chi connectivity index (χ0v) is 14.2. The van der Waals surface area contributed by atoms with Crippen LogP contribution in [0.2, 0.25) is 0 Å². The Morgan fingerprint density at radius 3 is 2.79 bits per heavy atom. The third-order valence-corrected chi connectivity index (χ3v) is 5.67. The Balaban J connectivity index is 2.17. The van der Waals surface area contributed by atoms with Gasteiger partial charge in [0.1, 0.15) is 0 Å². The minimum Gasteiger partial charge on any atom is -0.326 e. The van der Waals surface area contributed by atoms with Gasteiger partial charge in [-0.05, 0) is 48.4 Å². The highest BCUT2D eigenvalue weighted by atomic mass is 79.9. The Morgan fingerprint density at radius 1 is 1.37 bits per heavy atom. The summed E-state index contributed by atoms with van der Waals surface area (Å²) in [5, 5.41) is 2.16. The van der Waals surface area contributed by atoms with Crippen LogP contribution in [0.25, 0.3) is 0 Å². The van der Waals surface area contributed by atoms with E-state index in [-0.39, 0.29) is 6.04 Å². The summed E-state index contributed by atoms with van der Waals surface area (Å²) in [6, 6.07) is 2.82. The van der Waals surface area contributed by atoms with E-state index in [2.05, 4.69) is 51.1 Å². The molecule has 1 saturated heterocycles. The van der Waals surface area contributed by atoms with Crippen molar-refractivity contribution in [3.8, 4) is 0 Å². The molecular formula is C14H24BrN3S. The fourth-order valence-corrected chi connectivity index (χ4v) is 4.37. The molecule has 2 rings (SSSR count). The third kappa shape index (κ3) is 4.02. The van der Waals surface area contributed by atoms with Crippen molar-refractivity contribution in [3.63, 3.8) is 0 Å². The van der Waals surface area contributed by atoms with Crippen molar-refractivity contribution in [3.05, 3.63) is 20.8 Å². The molecule has 0 radical (unpaired) electrons. The maximum absolute atomic E-state index is 6.41. The molecule has 108 valence electrons. The lowest BCUT2D eigenvalue weighted by molar-refractivity contribution is 0.178. The van der Waals surface area contributed by atoms with E-state index in [0.29, 0.717) is 6.04 Å². The minimum atomic E-state index is 0.217. The number of thiophene rings is 1. The molecule has 2 unspecified atom stereocenters. The Bertz CT molecular complexity index is 396. The summed E-state index contributed by atoms with van der Waals surface area (Å²) in [6.07, 6.45) is 2.25. The second kappa shape index (κ2) is 7.18. The summed E-state index contributed by atoms with van der Waals surface area (Å²) in [7, 11) is 2.21. The van der Waals surface area contributed by atoms with Gasteiger partial charge in [0.05, 0.1) is 6.04 Å². The summed E-state index contributed by atoms with van der Waals surface area (Å²) in [6.45, 7) is 6.78. The first-order valence-electron chi connectivity index (χ1n) is 7.04. The summed E-state index contributed by atoms with van der Waals surface area (Å²) in [5.74, 6) is 0. The van der Waals surface area contributed by atoms with E-state index in [1.165, 1.54) is 22.3 Å². The smallest absolute Gasteiger partial charge is 0.0594 e. The van der Waals surface area contributed by atoms with Gasteiger partial charge in [-0.15, -0.1) is 11.3 Å². The predicted molar refractivity (Wildman–Crippen MR) is 86.7 cm³/mol. The Morgan fingerprint density at radius 2 is 2.16 bits per heavy atom. The number of hydrogen-bond donors (Lipinski definition) is 1. The first-order chi connectivity index (χ1) is 9.11. The summed E-state index contributed by atoms with van der Waals surface area (Å²) in [4.78, 5) is 6.39. The molecule has 3 nitrogen and oxygen atoms in total. The quantitative estimate of drug-likeness (QED) is 0.910. The molecule has 19 heavy (non-hydrogen) atoms. The van der Waals surface area contributed by atoms with Gasteiger partial charge >= 0.3 is 0 Å². The van der Waals surface area contributed by atoms with E-state index in [4.69, 9.17) is 5.73 Å². The lowest BCUT2D eigenvalue weighted by Crippen LogP contribution is -2.42. The van der Waals surface area contributed by atoms with Crippen molar-refractivity contribution in [1.82, 2.24) is 9.80 Å². The van der Waals surface area contributed by atoms with Gasteiger partial charge in [-0.3, -0.25) is 4.90 Å². The molecule has 2 atom stereocenters. The molecule has 2 heterocycles. The van der Waals surface area contributed by atoms with Gasteiger partial charge in [-0.2, -0.15) is 0 Å². The second-order valence-corrected chi connectivity index (χ2v) is 7.24. The molecule has 2 N–H and O–H groups in total. The predicted octanol–water partition coefficient (Wildman–Crippen LogP) is 2.93. The summed E-state index contributed by atoms with van der Waals surface area (Å²) in [5.41, 5.74) is 6.41. The van der Waals surface area contributed by atoms with Crippen LogP contribution < -0.4 is 5.73 Å². The van der Waals surface area contributed by atoms with E-state index >= 15 is 0 Å². The Hall–Kier alpha value is 0.0600. The van der Waals surface area contributed by atoms with Crippen LogP contribution in [0.15, 0.2) is 15.9 Å². The number of nitrogens with zero attached hydrogens (tertiary/aromatic N) is 2.